The van der Waals surface area contributed by atoms with Crippen LogP contribution < -0.4 is 5.32 Å². The third kappa shape index (κ3) is 4.72. The number of aliphatic hydroxyl groups is 1. The first kappa shape index (κ1) is 12.2. The average molecular weight is 199 g/mol. The second-order valence-electron chi connectivity index (χ2n) is 3.68. The van der Waals surface area contributed by atoms with Crippen molar-refractivity contribution in [1.29, 1.82) is 0 Å². The zero-order valence-electron chi connectivity index (χ0n) is 7.57. The van der Waals surface area contributed by atoms with E-state index in [0.717, 1.165) is 0 Å². The highest BCUT2D eigenvalue weighted by Crippen LogP contribution is 2.20. The van der Waals surface area contributed by atoms with E-state index in [1.165, 1.54) is 20.8 Å². The minimum absolute atomic E-state index is 0.788. The van der Waals surface area contributed by atoms with Crippen LogP contribution in [0.25, 0.3) is 0 Å². The van der Waals surface area contributed by atoms with E-state index in [-0.39, 0.29) is 0 Å². The monoisotopic (exact) mass is 199 g/mol. The summed E-state index contributed by atoms with van der Waals surface area (Å²) < 4.78 is 35.3. The lowest BCUT2D eigenvalue weighted by molar-refractivity contribution is -0.205. The number of alkyl halides is 3. The molecule has 1 atom stereocenters. The van der Waals surface area contributed by atoms with Crippen LogP contribution >= 0.6 is 0 Å². The van der Waals surface area contributed by atoms with E-state index in [4.69, 9.17) is 5.11 Å². The highest BCUT2D eigenvalue weighted by Gasteiger charge is 2.44. The third-order valence-corrected chi connectivity index (χ3v) is 1.06. The fourth-order valence-corrected chi connectivity index (χ4v) is 0.587. The minimum atomic E-state index is -4.91. The smallest absolute Gasteiger partial charge is 0.376 e. The van der Waals surface area contributed by atoms with E-state index in [9.17, 15) is 18.0 Å². The van der Waals surface area contributed by atoms with Crippen LogP contribution in [0.2, 0.25) is 0 Å². The molecule has 0 saturated heterocycles. The molecule has 0 saturated carbocycles. The minimum Gasteiger partial charge on any atom is -0.376 e. The summed E-state index contributed by atoms with van der Waals surface area (Å²) in [5.41, 5.74) is -0.788. The van der Waals surface area contributed by atoms with Gasteiger partial charge in [-0.15, -0.1) is 0 Å². The van der Waals surface area contributed by atoms with E-state index in [1.54, 1.807) is 0 Å². The molecule has 0 rings (SSSR count). The molecule has 0 fully saturated rings. The van der Waals surface area contributed by atoms with Gasteiger partial charge < -0.3 is 10.4 Å². The molecule has 3 nitrogen and oxygen atoms in total. The molecule has 0 aliphatic carbocycles. The fourth-order valence-electron chi connectivity index (χ4n) is 0.587. The Morgan fingerprint density at radius 1 is 1.31 bits per heavy atom. The molecule has 78 valence electrons. The second kappa shape index (κ2) is 3.53. The molecule has 1 unspecified atom stereocenters. The normalized spacial score (nSPS) is 15.3. The average Bonchev–Trinajstić information content (AvgIpc) is 1.79. The first-order chi connectivity index (χ1) is 5.54. The van der Waals surface area contributed by atoms with Gasteiger partial charge in [0.1, 0.15) is 0 Å². The fraction of sp³-hybridized carbons (Fsp3) is 0.857. The van der Waals surface area contributed by atoms with E-state index in [0.29, 0.717) is 0 Å². The van der Waals surface area contributed by atoms with Crippen LogP contribution in [0.4, 0.5) is 13.2 Å². The molecule has 0 heterocycles. The Hall–Kier alpha value is -0.780. The van der Waals surface area contributed by atoms with Crippen LogP contribution in [0.1, 0.15) is 20.8 Å². The second-order valence-corrected chi connectivity index (χ2v) is 3.68. The number of aliphatic hydroxyl groups excluding tert-OH is 1. The van der Waals surface area contributed by atoms with Crippen LogP contribution in [0, 0.1) is 0 Å². The molecule has 0 aliphatic rings. The molecule has 0 radical (unpaired) electrons. The van der Waals surface area contributed by atoms with Gasteiger partial charge in [0.25, 0.3) is 5.91 Å². The zero-order chi connectivity index (χ0) is 10.9. The maximum absolute atomic E-state index is 11.8. The topological polar surface area (TPSA) is 49.3 Å². The maximum atomic E-state index is 11.8. The summed E-state index contributed by atoms with van der Waals surface area (Å²) in [6, 6.07) is 0. The van der Waals surface area contributed by atoms with Gasteiger partial charge in [0, 0.05) is 5.54 Å². The standard InChI is InChI=1S/C7H12F3NO2/c1-6(2,3)11-5(13)4(12)7(8,9)10/h4,12H,1-3H3,(H,11,13). The summed E-state index contributed by atoms with van der Waals surface area (Å²) in [4.78, 5) is 10.7. The van der Waals surface area contributed by atoms with Gasteiger partial charge in [0.05, 0.1) is 0 Å². The SMILES string of the molecule is CC(C)(C)NC(=O)C(O)C(F)(F)F. The van der Waals surface area contributed by atoms with Gasteiger partial charge in [0.2, 0.25) is 6.10 Å². The van der Waals surface area contributed by atoms with Crippen LogP contribution in [0.3, 0.4) is 0 Å². The number of rotatable bonds is 1. The van der Waals surface area contributed by atoms with Crippen LogP contribution in [0.15, 0.2) is 0 Å². The quantitative estimate of drug-likeness (QED) is 0.657. The van der Waals surface area contributed by atoms with E-state index >= 15 is 0 Å². The van der Waals surface area contributed by atoms with Crippen molar-refractivity contribution >= 4 is 5.91 Å². The van der Waals surface area contributed by atoms with Gasteiger partial charge in [-0.25, -0.2) is 0 Å². The molecule has 2 N–H and O–H groups in total. The van der Waals surface area contributed by atoms with Crippen molar-refractivity contribution in [3.8, 4) is 0 Å². The van der Waals surface area contributed by atoms with Gasteiger partial charge >= 0.3 is 6.18 Å². The zero-order valence-corrected chi connectivity index (χ0v) is 7.57. The molecule has 13 heavy (non-hydrogen) atoms. The number of carbonyl (C=O) groups is 1. The van der Waals surface area contributed by atoms with Crippen molar-refractivity contribution in [3.05, 3.63) is 0 Å². The molecule has 6 heteroatoms. The van der Waals surface area contributed by atoms with E-state index in [2.05, 4.69) is 0 Å². The lowest BCUT2D eigenvalue weighted by Gasteiger charge is -2.23. The first-order valence-corrected chi connectivity index (χ1v) is 3.61. The van der Waals surface area contributed by atoms with Gasteiger partial charge in [0.15, 0.2) is 0 Å². The van der Waals surface area contributed by atoms with Crippen molar-refractivity contribution in [1.82, 2.24) is 5.32 Å². The number of halogens is 3. The number of carbonyl (C=O) groups excluding carboxylic acids is 1. The van der Waals surface area contributed by atoms with Crippen molar-refractivity contribution in [2.24, 2.45) is 0 Å². The third-order valence-electron chi connectivity index (χ3n) is 1.06. The highest BCUT2D eigenvalue weighted by molar-refractivity contribution is 5.81. The molecule has 0 aromatic carbocycles. The van der Waals surface area contributed by atoms with Crippen molar-refractivity contribution in [2.45, 2.75) is 38.6 Å². The Morgan fingerprint density at radius 3 is 1.92 bits per heavy atom. The van der Waals surface area contributed by atoms with Crippen LogP contribution in [-0.2, 0) is 4.79 Å². The van der Waals surface area contributed by atoms with Crippen molar-refractivity contribution in [2.75, 3.05) is 0 Å². The number of amides is 1. The maximum Gasteiger partial charge on any atom is 0.423 e. The molecule has 0 aliphatic heterocycles. The van der Waals surface area contributed by atoms with Gasteiger partial charge in [-0.2, -0.15) is 13.2 Å². The van der Waals surface area contributed by atoms with E-state index < -0.39 is 23.7 Å². The first-order valence-electron chi connectivity index (χ1n) is 3.61. The Labute approximate surface area is 73.9 Å². The molecule has 0 spiro atoms. The van der Waals surface area contributed by atoms with Gasteiger partial charge in [-0.1, -0.05) is 0 Å². The largest absolute Gasteiger partial charge is 0.423 e. The molecule has 0 aromatic rings. The number of hydrogen-bond acceptors (Lipinski definition) is 2. The Kier molecular flexibility index (Phi) is 3.32. The van der Waals surface area contributed by atoms with Crippen LogP contribution in [-0.4, -0.2) is 28.8 Å². The summed E-state index contributed by atoms with van der Waals surface area (Å²) >= 11 is 0. The Balaban J connectivity index is 4.30. The summed E-state index contributed by atoms with van der Waals surface area (Å²) in [7, 11) is 0. The Bertz CT molecular complexity index is 195. The van der Waals surface area contributed by atoms with Crippen molar-refractivity contribution in [3.63, 3.8) is 0 Å². The summed E-state index contributed by atoms with van der Waals surface area (Å²) in [5, 5.41) is 10.5. The van der Waals surface area contributed by atoms with Crippen LogP contribution in [0.5, 0.6) is 0 Å². The summed E-state index contributed by atoms with van der Waals surface area (Å²) in [5.74, 6) is -1.43. The van der Waals surface area contributed by atoms with Crippen molar-refractivity contribution < 1.29 is 23.1 Å². The predicted molar refractivity (Wildman–Crippen MR) is 40.0 cm³/mol. The summed E-state index contributed by atoms with van der Waals surface area (Å²) in [6.07, 6.45) is -7.86. The lowest BCUT2D eigenvalue weighted by atomic mass is 10.1. The highest BCUT2D eigenvalue weighted by atomic mass is 19.4. The molecule has 0 aromatic heterocycles. The molecule has 1 amide bonds. The molecular formula is C7H12F3NO2. The summed E-state index contributed by atoms with van der Waals surface area (Å²) in [6.45, 7) is 4.57. The van der Waals surface area contributed by atoms with Gasteiger partial charge in [-0.05, 0) is 20.8 Å². The number of hydrogen-bond donors (Lipinski definition) is 2. The molecular weight excluding hydrogens is 187 g/mol. The van der Waals surface area contributed by atoms with Gasteiger partial charge in [-0.3, -0.25) is 4.79 Å². The molecule has 0 bridgehead atoms. The lowest BCUT2D eigenvalue weighted by Crippen LogP contribution is -2.50. The predicted octanol–water partition coefficient (Wildman–Crippen LogP) is 0.824. The van der Waals surface area contributed by atoms with E-state index in [1.807, 2.05) is 5.32 Å². The number of nitrogens with one attached hydrogen (secondary N) is 1. The Morgan fingerprint density at radius 2 is 1.69 bits per heavy atom.